The summed E-state index contributed by atoms with van der Waals surface area (Å²) in [5, 5.41) is 38.8. The second-order valence-electron chi connectivity index (χ2n) is 11.2. The minimum atomic E-state index is -1.51. The maximum Gasteiger partial charge on any atom is 0.308 e. The van der Waals surface area contributed by atoms with E-state index >= 15 is 0 Å². The molecule has 0 aromatic carbocycles. The first-order valence-electron chi connectivity index (χ1n) is 15.5. The molecule has 12 heteroatoms. The van der Waals surface area contributed by atoms with Crippen LogP contribution in [0.1, 0.15) is 105 Å². The Morgan fingerprint density at radius 3 is 1.83 bits per heavy atom. The van der Waals surface area contributed by atoms with Crippen LogP contribution in [0, 0.1) is 5.92 Å². The highest BCUT2D eigenvalue weighted by Crippen LogP contribution is 2.30. The summed E-state index contributed by atoms with van der Waals surface area (Å²) < 4.78 is 27.9. The summed E-state index contributed by atoms with van der Waals surface area (Å²) in [6.45, 7) is 4.61. The van der Waals surface area contributed by atoms with Crippen molar-refractivity contribution in [1.82, 2.24) is 0 Å². The second kappa shape index (κ2) is 21.8. The van der Waals surface area contributed by atoms with Crippen LogP contribution in [0.4, 0.5) is 0 Å². The quantitative estimate of drug-likeness (QED) is 0.0805. The minimum absolute atomic E-state index is 0.0860. The summed E-state index contributed by atoms with van der Waals surface area (Å²) in [6, 6.07) is 0. The van der Waals surface area contributed by atoms with Gasteiger partial charge in [-0.25, -0.2) is 0 Å². The van der Waals surface area contributed by atoms with E-state index in [0.717, 1.165) is 26.2 Å². The summed E-state index contributed by atoms with van der Waals surface area (Å²) in [4.78, 5) is 37.4. The van der Waals surface area contributed by atoms with Crippen LogP contribution in [-0.2, 0) is 38.1 Å². The zero-order valence-electron chi connectivity index (χ0n) is 25.8. The van der Waals surface area contributed by atoms with Crippen molar-refractivity contribution in [2.75, 3.05) is 19.8 Å². The highest BCUT2D eigenvalue weighted by atomic mass is 16.7. The van der Waals surface area contributed by atoms with Crippen LogP contribution in [0.25, 0.3) is 0 Å². The number of rotatable bonds is 22. The van der Waals surface area contributed by atoms with E-state index in [1.54, 1.807) is 13.8 Å². The number of aliphatic hydroxyl groups excluding tert-OH is 4. The van der Waals surface area contributed by atoms with Crippen molar-refractivity contribution in [2.45, 2.75) is 148 Å². The lowest BCUT2D eigenvalue weighted by atomic mass is 9.97. The van der Waals surface area contributed by atoms with Crippen molar-refractivity contribution in [3.8, 4) is 0 Å². The molecular weight excluding hydrogens is 552 g/mol. The first-order chi connectivity index (χ1) is 20.0. The highest BCUT2D eigenvalue weighted by Gasteiger charge is 2.52. The van der Waals surface area contributed by atoms with Gasteiger partial charge in [0.1, 0.15) is 18.3 Å². The molecule has 7 atom stereocenters. The molecular formula is C30H54O12. The Labute approximate surface area is 250 Å². The summed E-state index contributed by atoms with van der Waals surface area (Å²) >= 11 is 0. The van der Waals surface area contributed by atoms with Crippen molar-refractivity contribution >= 4 is 17.9 Å². The maximum atomic E-state index is 12.9. The molecule has 0 amide bonds. The lowest BCUT2D eigenvalue weighted by Gasteiger charge is -2.44. The van der Waals surface area contributed by atoms with Gasteiger partial charge in [-0.2, -0.15) is 0 Å². The van der Waals surface area contributed by atoms with E-state index < -0.39 is 86.6 Å². The molecule has 1 rings (SSSR count). The molecule has 4 N–H and O–H groups in total. The third-order valence-corrected chi connectivity index (χ3v) is 7.11. The van der Waals surface area contributed by atoms with E-state index in [0.29, 0.717) is 6.42 Å². The number of esters is 3. The van der Waals surface area contributed by atoms with Gasteiger partial charge in [-0.1, -0.05) is 85.0 Å². The van der Waals surface area contributed by atoms with E-state index in [4.69, 9.17) is 28.8 Å². The SMILES string of the molecule is CCCCCCCCCCCCCC(=O)O[C@@H]1[C@H](OC(=O)C(C)C)[C@H](OC[C@@H](O)[C@@H](O)CO)O[C@H](CO)[C@H]1OC(C)=O. The molecule has 0 radical (unpaired) electrons. The number of carbonyl (C=O) groups is 3. The molecule has 0 bridgehead atoms. The van der Waals surface area contributed by atoms with Gasteiger partial charge in [-0.05, 0) is 6.42 Å². The third kappa shape index (κ3) is 14.6. The molecule has 42 heavy (non-hydrogen) atoms. The van der Waals surface area contributed by atoms with Gasteiger partial charge in [0.15, 0.2) is 24.6 Å². The fourth-order valence-electron chi connectivity index (χ4n) is 4.59. The Morgan fingerprint density at radius 2 is 1.33 bits per heavy atom. The number of carbonyl (C=O) groups excluding carboxylic acids is 3. The zero-order valence-corrected chi connectivity index (χ0v) is 25.8. The smallest absolute Gasteiger partial charge is 0.308 e. The monoisotopic (exact) mass is 606 g/mol. The molecule has 0 aliphatic carbocycles. The second-order valence-corrected chi connectivity index (χ2v) is 11.2. The first kappa shape index (κ1) is 38.2. The van der Waals surface area contributed by atoms with Crippen molar-refractivity contribution in [3.63, 3.8) is 0 Å². The molecule has 12 nitrogen and oxygen atoms in total. The molecule has 0 aromatic heterocycles. The van der Waals surface area contributed by atoms with Crippen LogP contribution in [0.2, 0.25) is 0 Å². The van der Waals surface area contributed by atoms with E-state index in [9.17, 15) is 29.7 Å². The summed E-state index contributed by atoms with van der Waals surface area (Å²) in [7, 11) is 0. The van der Waals surface area contributed by atoms with Gasteiger partial charge in [0.25, 0.3) is 0 Å². The van der Waals surface area contributed by atoms with E-state index in [-0.39, 0.29) is 6.42 Å². The predicted octanol–water partition coefficient (Wildman–Crippen LogP) is 2.55. The molecule has 1 saturated heterocycles. The number of hydrogen-bond acceptors (Lipinski definition) is 12. The topological polar surface area (TPSA) is 178 Å². The number of hydrogen-bond donors (Lipinski definition) is 4. The number of ether oxygens (including phenoxy) is 5. The number of aliphatic hydroxyl groups is 4. The Balaban J connectivity index is 2.88. The van der Waals surface area contributed by atoms with Crippen LogP contribution in [0.15, 0.2) is 0 Å². The fraction of sp³-hybridized carbons (Fsp3) is 0.900. The lowest BCUT2D eigenvalue weighted by molar-refractivity contribution is -0.313. The average molecular weight is 607 g/mol. The molecule has 0 spiro atoms. The fourth-order valence-corrected chi connectivity index (χ4v) is 4.59. The first-order valence-corrected chi connectivity index (χ1v) is 15.5. The largest absolute Gasteiger partial charge is 0.456 e. The molecule has 0 unspecified atom stereocenters. The third-order valence-electron chi connectivity index (χ3n) is 7.11. The van der Waals surface area contributed by atoms with Gasteiger partial charge in [-0.3, -0.25) is 14.4 Å². The van der Waals surface area contributed by atoms with Crippen LogP contribution in [0.3, 0.4) is 0 Å². The van der Waals surface area contributed by atoms with Crippen molar-refractivity contribution in [2.24, 2.45) is 5.92 Å². The molecule has 246 valence electrons. The molecule has 0 aromatic rings. The lowest BCUT2D eigenvalue weighted by Crippen LogP contribution is -2.63. The molecule has 1 aliphatic heterocycles. The van der Waals surface area contributed by atoms with Crippen LogP contribution < -0.4 is 0 Å². The van der Waals surface area contributed by atoms with Crippen molar-refractivity contribution in [3.05, 3.63) is 0 Å². The minimum Gasteiger partial charge on any atom is -0.456 e. The van der Waals surface area contributed by atoms with E-state index in [1.807, 2.05) is 0 Å². The Kier molecular flexibility index (Phi) is 19.8. The molecule has 1 heterocycles. The maximum absolute atomic E-state index is 12.9. The predicted molar refractivity (Wildman–Crippen MR) is 152 cm³/mol. The highest BCUT2D eigenvalue weighted by molar-refractivity contribution is 5.72. The Bertz CT molecular complexity index is 761. The number of unbranched alkanes of at least 4 members (excludes halogenated alkanes) is 10. The standard InChI is InChI=1S/C30H54O12/c1-5-6-7-8-9-10-11-12-13-14-15-16-25(36)41-27-26(39-21(4)33)24(18-32)40-30(28(27)42-29(37)20(2)3)38-19-23(35)22(34)17-31/h20,22-24,26-28,30-32,34-35H,5-19H2,1-4H3/t22-,23+,24+,26+,27-,28-,30+/m0/s1. The van der Waals surface area contributed by atoms with E-state index in [2.05, 4.69) is 6.92 Å². The van der Waals surface area contributed by atoms with Crippen LogP contribution >= 0.6 is 0 Å². The zero-order chi connectivity index (χ0) is 31.5. The van der Waals surface area contributed by atoms with Crippen molar-refractivity contribution in [1.29, 1.82) is 0 Å². The van der Waals surface area contributed by atoms with Crippen LogP contribution in [0.5, 0.6) is 0 Å². The average Bonchev–Trinajstić information content (AvgIpc) is 2.95. The van der Waals surface area contributed by atoms with Gasteiger partial charge in [0.2, 0.25) is 0 Å². The van der Waals surface area contributed by atoms with Crippen molar-refractivity contribution < 1.29 is 58.5 Å². The van der Waals surface area contributed by atoms with Gasteiger partial charge in [0, 0.05) is 13.3 Å². The Morgan fingerprint density at radius 1 is 0.762 bits per heavy atom. The summed E-state index contributed by atoms with van der Waals surface area (Å²) in [5.41, 5.74) is 0. The molecule has 1 fully saturated rings. The van der Waals surface area contributed by atoms with Gasteiger partial charge in [0.05, 0.1) is 25.7 Å². The molecule has 1 aliphatic rings. The van der Waals surface area contributed by atoms with Crippen LogP contribution in [-0.4, -0.2) is 101 Å². The normalized spacial score (nSPS) is 23.8. The summed E-state index contributed by atoms with van der Waals surface area (Å²) in [6.07, 6.45) is 2.53. The van der Waals surface area contributed by atoms with Gasteiger partial charge in [-0.15, -0.1) is 0 Å². The summed E-state index contributed by atoms with van der Waals surface area (Å²) in [5.74, 6) is -2.60. The van der Waals surface area contributed by atoms with Gasteiger partial charge >= 0.3 is 17.9 Å². The molecule has 0 saturated carbocycles. The van der Waals surface area contributed by atoms with Gasteiger partial charge < -0.3 is 44.1 Å². The Hall–Kier alpha value is -1.83. The van der Waals surface area contributed by atoms with E-state index in [1.165, 1.54) is 44.9 Å².